The van der Waals surface area contributed by atoms with Gasteiger partial charge >= 0.3 is 0 Å². The van der Waals surface area contributed by atoms with Crippen molar-refractivity contribution in [2.75, 3.05) is 17.2 Å². The van der Waals surface area contributed by atoms with E-state index in [1.165, 1.54) is 0 Å². The summed E-state index contributed by atoms with van der Waals surface area (Å²) in [4.78, 5) is 23.1. The normalized spacial score (nSPS) is 24.2. The van der Waals surface area contributed by atoms with E-state index < -0.39 is 0 Å². The van der Waals surface area contributed by atoms with E-state index in [2.05, 4.69) is 20.2 Å². The molecule has 1 aliphatic heterocycles. The smallest absolute Gasteiger partial charge is 0.259 e. The summed E-state index contributed by atoms with van der Waals surface area (Å²) in [5.74, 6) is 0.908. The lowest BCUT2D eigenvalue weighted by molar-refractivity contribution is -0.117. The van der Waals surface area contributed by atoms with Crippen molar-refractivity contribution in [2.45, 2.75) is 37.8 Å². The van der Waals surface area contributed by atoms with Crippen LogP contribution in [0, 0.1) is 0 Å². The van der Waals surface area contributed by atoms with Crippen LogP contribution < -0.4 is 16.0 Å². The second-order valence-corrected chi connectivity index (χ2v) is 7.84. The van der Waals surface area contributed by atoms with Gasteiger partial charge in [-0.1, -0.05) is 0 Å². The van der Waals surface area contributed by atoms with Crippen molar-refractivity contribution < 1.29 is 4.79 Å². The monoisotopic (exact) mass is 357 g/mol. The van der Waals surface area contributed by atoms with Crippen LogP contribution in [-0.4, -0.2) is 40.3 Å². The predicted molar refractivity (Wildman–Crippen MR) is 102 cm³/mol. The topological polar surface area (TPSA) is 87.0 Å². The summed E-state index contributed by atoms with van der Waals surface area (Å²) in [5.41, 5.74) is 7.98. The molecule has 0 bridgehead atoms. The van der Waals surface area contributed by atoms with Gasteiger partial charge in [0, 0.05) is 48.4 Å². The highest BCUT2D eigenvalue weighted by Gasteiger charge is 2.24. The van der Waals surface area contributed by atoms with Crippen molar-refractivity contribution in [1.29, 1.82) is 0 Å². The summed E-state index contributed by atoms with van der Waals surface area (Å²) in [6.07, 6.45) is 9.71. The Morgan fingerprint density at radius 2 is 2.32 bits per heavy atom. The predicted octanol–water partition coefficient (Wildman–Crippen LogP) is 2.34. The number of H-pyrrole nitrogens is 1. The number of nitrogens with two attached hydrogens (primary N) is 1. The van der Waals surface area contributed by atoms with Gasteiger partial charge < -0.3 is 20.9 Å². The zero-order valence-electron chi connectivity index (χ0n) is 14.1. The number of rotatable bonds is 3. The number of carbonyl (C=O) groups is 1. The largest absolute Gasteiger partial charge is 0.349 e. The quantitative estimate of drug-likeness (QED) is 0.785. The Balaban J connectivity index is 1.52. The van der Waals surface area contributed by atoms with Crippen LogP contribution in [0.25, 0.3) is 11.0 Å². The Morgan fingerprint density at radius 1 is 1.40 bits per heavy atom. The standard InChI is InChI=1S/C18H23N5OS/c19-12-2-1-3-13(10-12)22-18(24)16-11-23(8-9-25-16)15-5-7-21-17-14(15)4-6-20-17/h4-7,11-13H,1-3,8-10,19H2,(H,20,21)(H,22,24)/t12-,13+/m0/s1. The molecule has 1 fully saturated rings. The van der Waals surface area contributed by atoms with Crippen molar-refractivity contribution >= 4 is 34.4 Å². The molecule has 4 rings (SSSR count). The lowest BCUT2D eigenvalue weighted by Gasteiger charge is -2.30. The zero-order valence-corrected chi connectivity index (χ0v) is 14.9. The van der Waals surface area contributed by atoms with Crippen LogP contribution in [0.3, 0.4) is 0 Å². The summed E-state index contributed by atoms with van der Waals surface area (Å²) < 4.78 is 0. The van der Waals surface area contributed by atoms with E-state index in [1.807, 2.05) is 24.5 Å². The van der Waals surface area contributed by atoms with E-state index in [0.717, 1.165) is 59.6 Å². The van der Waals surface area contributed by atoms with Gasteiger partial charge in [0.15, 0.2) is 0 Å². The summed E-state index contributed by atoms with van der Waals surface area (Å²) >= 11 is 1.62. The highest BCUT2D eigenvalue weighted by atomic mass is 32.2. The molecule has 2 aromatic rings. The van der Waals surface area contributed by atoms with Crippen molar-refractivity contribution in [3.8, 4) is 0 Å². The molecular weight excluding hydrogens is 334 g/mol. The molecule has 1 amide bonds. The van der Waals surface area contributed by atoms with E-state index >= 15 is 0 Å². The maximum Gasteiger partial charge on any atom is 0.259 e. The van der Waals surface area contributed by atoms with Gasteiger partial charge in [-0.3, -0.25) is 4.79 Å². The maximum absolute atomic E-state index is 12.7. The molecule has 4 N–H and O–H groups in total. The number of carbonyl (C=O) groups excluding carboxylic acids is 1. The Hall–Kier alpha value is -1.99. The molecule has 0 spiro atoms. The van der Waals surface area contributed by atoms with Gasteiger partial charge in [0.25, 0.3) is 5.91 Å². The number of fused-ring (bicyclic) bond motifs is 1. The van der Waals surface area contributed by atoms with E-state index in [9.17, 15) is 4.79 Å². The molecule has 7 heteroatoms. The molecule has 2 aliphatic rings. The van der Waals surface area contributed by atoms with Crippen LogP contribution in [0.1, 0.15) is 25.7 Å². The average molecular weight is 357 g/mol. The minimum Gasteiger partial charge on any atom is -0.349 e. The number of anilines is 1. The molecule has 1 aliphatic carbocycles. The van der Waals surface area contributed by atoms with E-state index in [1.54, 1.807) is 18.0 Å². The van der Waals surface area contributed by atoms with Crippen LogP contribution in [0.15, 0.2) is 35.6 Å². The molecule has 0 radical (unpaired) electrons. The third-order valence-electron chi connectivity index (χ3n) is 4.88. The second kappa shape index (κ2) is 7.09. The van der Waals surface area contributed by atoms with Crippen LogP contribution in [0.4, 0.5) is 5.69 Å². The van der Waals surface area contributed by atoms with Crippen molar-refractivity contribution in [3.63, 3.8) is 0 Å². The number of aromatic amines is 1. The van der Waals surface area contributed by atoms with E-state index in [0.29, 0.717) is 0 Å². The third kappa shape index (κ3) is 3.52. The van der Waals surface area contributed by atoms with Gasteiger partial charge in [-0.05, 0) is 37.8 Å². The number of aromatic nitrogens is 2. The fourth-order valence-electron chi connectivity index (χ4n) is 3.62. The summed E-state index contributed by atoms with van der Waals surface area (Å²) in [5, 5.41) is 4.24. The Labute approximate surface area is 151 Å². The molecule has 6 nitrogen and oxygen atoms in total. The molecule has 1 saturated carbocycles. The Morgan fingerprint density at radius 3 is 3.20 bits per heavy atom. The molecule has 0 unspecified atom stereocenters. The Bertz CT molecular complexity index is 802. The van der Waals surface area contributed by atoms with Crippen LogP contribution in [0.2, 0.25) is 0 Å². The fourth-order valence-corrected chi connectivity index (χ4v) is 4.52. The lowest BCUT2D eigenvalue weighted by atomic mass is 9.91. The minimum atomic E-state index is 0.0215. The molecule has 0 saturated heterocycles. The van der Waals surface area contributed by atoms with Crippen LogP contribution in [0.5, 0.6) is 0 Å². The first-order valence-electron chi connectivity index (χ1n) is 8.80. The molecule has 2 atom stereocenters. The zero-order chi connectivity index (χ0) is 17.2. The third-order valence-corrected chi connectivity index (χ3v) is 5.87. The maximum atomic E-state index is 12.7. The second-order valence-electron chi connectivity index (χ2n) is 6.70. The number of hydrogen-bond acceptors (Lipinski definition) is 5. The van der Waals surface area contributed by atoms with Gasteiger partial charge in [0.05, 0.1) is 10.6 Å². The fraction of sp³-hybridized carbons (Fsp3) is 0.444. The van der Waals surface area contributed by atoms with E-state index in [-0.39, 0.29) is 18.0 Å². The number of pyridine rings is 1. The Kier molecular flexibility index (Phi) is 4.67. The SMILES string of the molecule is N[C@H]1CCC[C@@H](NC(=O)C2=CN(c3ccnc4[nH]ccc34)CCS2)C1. The van der Waals surface area contributed by atoms with Gasteiger partial charge in [0.1, 0.15) is 5.65 Å². The average Bonchev–Trinajstić information content (AvgIpc) is 3.10. The number of thioether (sulfide) groups is 1. The van der Waals surface area contributed by atoms with Crippen molar-refractivity contribution in [1.82, 2.24) is 15.3 Å². The molecular formula is C18H23N5OS. The number of hydrogen-bond donors (Lipinski definition) is 3. The van der Waals surface area contributed by atoms with Crippen molar-refractivity contribution in [2.24, 2.45) is 5.73 Å². The first-order chi connectivity index (χ1) is 12.2. The summed E-state index contributed by atoms with van der Waals surface area (Å²) in [7, 11) is 0. The molecule has 3 heterocycles. The van der Waals surface area contributed by atoms with Gasteiger partial charge in [-0.2, -0.15) is 0 Å². The van der Waals surface area contributed by atoms with Crippen LogP contribution >= 0.6 is 11.8 Å². The van der Waals surface area contributed by atoms with Gasteiger partial charge in [0.2, 0.25) is 0 Å². The molecule has 0 aromatic carbocycles. The van der Waals surface area contributed by atoms with Crippen LogP contribution in [-0.2, 0) is 4.79 Å². The summed E-state index contributed by atoms with van der Waals surface area (Å²) in [6.45, 7) is 0.875. The number of nitrogens with one attached hydrogen (secondary N) is 2. The highest BCUT2D eigenvalue weighted by molar-refractivity contribution is 8.04. The highest BCUT2D eigenvalue weighted by Crippen LogP contribution is 2.30. The van der Waals surface area contributed by atoms with Gasteiger partial charge in [-0.15, -0.1) is 11.8 Å². The first kappa shape index (κ1) is 16.5. The number of nitrogens with zero attached hydrogens (tertiary/aromatic N) is 2. The minimum absolute atomic E-state index is 0.0215. The number of amides is 1. The van der Waals surface area contributed by atoms with Gasteiger partial charge in [-0.25, -0.2) is 4.98 Å². The summed E-state index contributed by atoms with van der Waals surface area (Å²) in [6, 6.07) is 4.43. The molecule has 2 aromatic heterocycles. The molecule has 25 heavy (non-hydrogen) atoms. The van der Waals surface area contributed by atoms with E-state index in [4.69, 9.17) is 5.73 Å². The lowest BCUT2D eigenvalue weighted by Crippen LogP contribution is -2.43. The molecule has 132 valence electrons. The van der Waals surface area contributed by atoms with Crippen molar-refractivity contribution in [3.05, 3.63) is 35.6 Å². The first-order valence-corrected chi connectivity index (χ1v) is 9.79.